The van der Waals surface area contributed by atoms with Crippen molar-refractivity contribution in [3.8, 4) is 0 Å². The third-order valence-corrected chi connectivity index (χ3v) is 3.68. The van der Waals surface area contributed by atoms with E-state index in [2.05, 4.69) is 28.6 Å². The van der Waals surface area contributed by atoms with E-state index < -0.39 is 0 Å². The zero-order valence-electron chi connectivity index (χ0n) is 11.0. The van der Waals surface area contributed by atoms with E-state index in [4.69, 9.17) is 0 Å². The first-order valence-corrected chi connectivity index (χ1v) is 6.64. The van der Waals surface area contributed by atoms with Crippen LogP contribution >= 0.6 is 0 Å². The molecule has 96 valence electrons. The summed E-state index contributed by atoms with van der Waals surface area (Å²) in [7, 11) is 4.23. The SMILES string of the molecule is CN(CCc1cnn(C)c1)C1CCCNCC1. The number of likely N-dealkylation sites (N-methyl/N-ethyl adjacent to an activating group) is 1. The van der Waals surface area contributed by atoms with E-state index in [9.17, 15) is 0 Å². The highest BCUT2D eigenvalue weighted by molar-refractivity contribution is 5.04. The Morgan fingerprint density at radius 2 is 2.35 bits per heavy atom. The highest BCUT2D eigenvalue weighted by Gasteiger charge is 2.16. The molecule has 0 saturated carbocycles. The second-order valence-corrected chi connectivity index (χ2v) is 5.09. The van der Waals surface area contributed by atoms with E-state index in [0.29, 0.717) is 0 Å². The Labute approximate surface area is 104 Å². The van der Waals surface area contributed by atoms with Crippen molar-refractivity contribution in [3.63, 3.8) is 0 Å². The zero-order chi connectivity index (χ0) is 12.1. The number of hydrogen-bond acceptors (Lipinski definition) is 3. The zero-order valence-corrected chi connectivity index (χ0v) is 11.0. The maximum Gasteiger partial charge on any atom is 0.0522 e. The standard InChI is InChI=1S/C13H24N4/c1-16(13-4-3-7-14-8-5-13)9-6-12-10-15-17(2)11-12/h10-11,13-14H,3-9H2,1-2H3. The normalized spacial score (nSPS) is 21.7. The molecule has 1 N–H and O–H groups in total. The van der Waals surface area contributed by atoms with E-state index in [-0.39, 0.29) is 0 Å². The van der Waals surface area contributed by atoms with Gasteiger partial charge < -0.3 is 10.2 Å². The first-order chi connectivity index (χ1) is 8.25. The fourth-order valence-electron chi connectivity index (χ4n) is 2.53. The lowest BCUT2D eigenvalue weighted by molar-refractivity contribution is 0.227. The van der Waals surface area contributed by atoms with E-state index in [1.54, 1.807) is 0 Å². The van der Waals surface area contributed by atoms with Crippen LogP contribution in [0.3, 0.4) is 0 Å². The van der Waals surface area contributed by atoms with Crippen LogP contribution in [0.1, 0.15) is 24.8 Å². The molecule has 1 saturated heterocycles. The summed E-state index contributed by atoms with van der Waals surface area (Å²) in [5, 5.41) is 7.68. The second-order valence-electron chi connectivity index (χ2n) is 5.09. The molecule has 1 aliphatic rings. The summed E-state index contributed by atoms with van der Waals surface area (Å²) in [6.07, 6.45) is 9.11. The minimum Gasteiger partial charge on any atom is -0.317 e. The van der Waals surface area contributed by atoms with E-state index in [1.807, 2.05) is 17.9 Å². The Morgan fingerprint density at radius 1 is 1.47 bits per heavy atom. The van der Waals surface area contributed by atoms with Crippen molar-refractivity contribution >= 4 is 0 Å². The number of aryl methyl sites for hydroxylation is 1. The van der Waals surface area contributed by atoms with E-state index >= 15 is 0 Å². The van der Waals surface area contributed by atoms with Gasteiger partial charge in [0.2, 0.25) is 0 Å². The van der Waals surface area contributed by atoms with Gasteiger partial charge in [-0.15, -0.1) is 0 Å². The number of nitrogens with one attached hydrogen (secondary N) is 1. The molecule has 0 radical (unpaired) electrons. The van der Waals surface area contributed by atoms with Crippen LogP contribution in [0, 0.1) is 0 Å². The van der Waals surface area contributed by atoms with Gasteiger partial charge in [0.05, 0.1) is 6.20 Å². The van der Waals surface area contributed by atoms with Gasteiger partial charge in [0.1, 0.15) is 0 Å². The first-order valence-electron chi connectivity index (χ1n) is 6.64. The lowest BCUT2D eigenvalue weighted by Crippen LogP contribution is -2.34. The van der Waals surface area contributed by atoms with Crippen molar-refractivity contribution < 1.29 is 0 Å². The predicted octanol–water partition coefficient (Wildman–Crippen LogP) is 1.04. The van der Waals surface area contributed by atoms with Crippen molar-refractivity contribution in [2.45, 2.75) is 31.7 Å². The number of aromatic nitrogens is 2. The maximum atomic E-state index is 4.21. The van der Waals surface area contributed by atoms with Crippen LogP contribution in [-0.4, -0.2) is 47.4 Å². The van der Waals surface area contributed by atoms with Gasteiger partial charge in [0, 0.05) is 25.8 Å². The largest absolute Gasteiger partial charge is 0.317 e. The summed E-state index contributed by atoms with van der Waals surface area (Å²) < 4.78 is 1.88. The van der Waals surface area contributed by atoms with E-state index in [1.165, 1.54) is 37.9 Å². The van der Waals surface area contributed by atoms with E-state index in [0.717, 1.165) is 19.0 Å². The monoisotopic (exact) mass is 236 g/mol. The van der Waals surface area contributed by atoms with Crippen LogP contribution in [0.4, 0.5) is 0 Å². The van der Waals surface area contributed by atoms with Crippen LogP contribution in [0.15, 0.2) is 12.4 Å². The van der Waals surface area contributed by atoms with Crippen molar-refractivity contribution in [2.75, 3.05) is 26.7 Å². The molecule has 0 spiro atoms. The molecule has 1 aliphatic heterocycles. The molecule has 2 heterocycles. The smallest absolute Gasteiger partial charge is 0.0522 e. The Balaban J connectivity index is 1.77. The minimum absolute atomic E-state index is 0.752. The average Bonchev–Trinajstić information content (AvgIpc) is 2.58. The molecule has 1 unspecified atom stereocenters. The topological polar surface area (TPSA) is 33.1 Å². The van der Waals surface area contributed by atoms with Gasteiger partial charge in [-0.1, -0.05) is 0 Å². The third kappa shape index (κ3) is 3.82. The Hall–Kier alpha value is -0.870. The molecule has 1 fully saturated rings. The average molecular weight is 236 g/mol. The van der Waals surface area contributed by atoms with Crippen molar-refractivity contribution in [1.29, 1.82) is 0 Å². The Kier molecular flexibility index (Phi) is 4.57. The summed E-state index contributed by atoms with van der Waals surface area (Å²) in [6, 6.07) is 0.752. The predicted molar refractivity (Wildman–Crippen MR) is 70.1 cm³/mol. The molecular weight excluding hydrogens is 212 g/mol. The molecule has 1 aromatic rings. The molecule has 0 bridgehead atoms. The quantitative estimate of drug-likeness (QED) is 0.848. The molecule has 17 heavy (non-hydrogen) atoms. The van der Waals surface area contributed by atoms with Gasteiger partial charge in [-0.2, -0.15) is 5.10 Å². The summed E-state index contributed by atoms with van der Waals surface area (Å²) in [5.74, 6) is 0. The fraction of sp³-hybridized carbons (Fsp3) is 0.769. The molecule has 0 amide bonds. The number of rotatable bonds is 4. The van der Waals surface area contributed by atoms with Gasteiger partial charge in [-0.3, -0.25) is 4.68 Å². The molecule has 1 atom stereocenters. The van der Waals surface area contributed by atoms with Gasteiger partial charge in [0.15, 0.2) is 0 Å². The van der Waals surface area contributed by atoms with Crippen LogP contribution < -0.4 is 5.32 Å². The summed E-state index contributed by atoms with van der Waals surface area (Å²) in [4.78, 5) is 2.51. The second kappa shape index (κ2) is 6.17. The lowest BCUT2D eigenvalue weighted by atomic mass is 10.1. The Morgan fingerprint density at radius 3 is 3.12 bits per heavy atom. The molecule has 4 nitrogen and oxygen atoms in total. The van der Waals surface area contributed by atoms with Crippen LogP contribution in [0.2, 0.25) is 0 Å². The van der Waals surface area contributed by atoms with Gasteiger partial charge in [0.25, 0.3) is 0 Å². The van der Waals surface area contributed by atoms with Gasteiger partial charge in [-0.25, -0.2) is 0 Å². The van der Waals surface area contributed by atoms with Crippen molar-refractivity contribution in [2.24, 2.45) is 7.05 Å². The van der Waals surface area contributed by atoms with Crippen molar-refractivity contribution in [3.05, 3.63) is 18.0 Å². The van der Waals surface area contributed by atoms with Crippen LogP contribution in [0.5, 0.6) is 0 Å². The summed E-state index contributed by atoms with van der Waals surface area (Å²) >= 11 is 0. The molecule has 1 aromatic heterocycles. The highest BCUT2D eigenvalue weighted by atomic mass is 15.2. The van der Waals surface area contributed by atoms with Gasteiger partial charge in [-0.05, 0) is 51.4 Å². The molecule has 4 heteroatoms. The summed E-state index contributed by atoms with van der Waals surface area (Å²) in [6.45, 7) is 3.49. The van der Waals surface area contributed by atoms with Gasteiger partial charge >= 0.3 is 0 Å². The maximum absolute atomic E-state index is 4.21. The number of nitrogens with zero attached hydrogens (tertiary/aromatic N) is 3. The minimum atomic E-state index is 0.752. The fourth-order valence-corrected chi connectivity index (χ4v) is 2.53. The third-order valence-electron chi connectivity index (χ3n) is 3.68. The highest BCUT2D eigenvalue weighted by Crippen LogP contribution is 2.12. The molecule has 0 aromatic carbocycles. The molecule has 2 rings (SSSR count). The first kappa shape index (κ1) is 12.6. The van der Waals surface area contributed by atoms with Crippen molar-refractivity contribution in [1.82, 2.24) is 20.0 Å². The molecule has 0 aliphatic carbocycles. The summed E-state index contributed by atoms with van der Waals surface area (Å²) in [5.41, 5.74) is 1.34. The molecular formula is C13H24N4. The lowest BCUT2D eigenvalue weighted by Gasteiger charge is -2.26. The number of hydrogen-bond donors (Lipinski definition) is 1. The van der Waals surface area contributed by atoms with Crippen LogP contribution in [0.25, 0.3) is 0 Å². The Bertz CT molecular complexity index is 326. The van der Waals surface area contributed by atoms with Crippen LogP contribution in [-0.2, 0) is 13.5 Å².